The van der Waals surface area contributed by atoms with Crippen LogP contribution in [0.4, 0.5) is 5.69 Å². The fourth-order valence-corrected chi connectivity index (χ4v) is 1.54. The standard InChI is InChI=1S/C11H15NO4/c1-6(13)9-7(12)5-8(14-2)10(15-3)11(9)16-4/h5H,12H2,1-4H3. The zero-order chi connectivity index (χ0) is 12.3. The molecular weight excluding hydrogens is 210 g/mol. The average Bonchev–Trinajstić information content (AvgIpc) is 2.26. The third kappa shape index (κ3) is 1.88. The van der Waals surface area contributed by atoms with Gasteiger partial charge in [0, 0.05) is 6.07 Å². The molecule has 0 fully saturated rings. The van der Waals surface area contributed by atoms with E-state index in [4.69, 9.17) is 19.9 Å². The first-order chi connectivity index (χ1) is 7.56. The van der Waals surface area contributed by atoms with E-state index in [9.17, 15) is 4.79 Å². The molecule has 1 rings (SSSR count). The van der Waals surface area contributed by atoms with E-state index in [1.54, 1.807) is 0 Å². The minimum atomic E-state index is -0.185. The van der Waals surface area contributed by atoms with Gasteiger partial charge in [0.05, 0.1) is 32.6 Å². The number of methoxy groups -OCH3 is 3. The summed E-state index contributed by atoms with van der Waals surface area (Å²) in [6, 6.07) is 1.54. The van der Waals surface area contributed by atoms with Gasteiger partial charge in [-0.05, 0) is 6.92 Å². The highest BCUT2D eigenvalue weighted by atomic mass is 16.5. The molecule has 0 saturated carbocycles. The molecule has 0 aliphatic heterocycles. The SMILES string of the molecule is COc1cc(N)c(C(C)=O)c(OC)c1OC. The Bertz CT molecular complexity index is 415. The highest BCUT2D eigenvalue weighted by Crippen LogP contribution is 2.43. The zero-order valence-electron chi connectivity index (χ0n) is 9.79. The van der Waals surface area contributed by atoms with Crippen LogP contribution in [0.5, 0.6) is 17.2 Å². The van der Waals surface area contributed by atoms with Gasteiger partial charge in [-0.2, -0.15) is 0 Å². The number of ether oxygens (including phenoxy) is 3. The fraction of sp³-hybridized carbons (Fsp3) is 0.364. The molecule has 2 N–H and O–H groups in total. The smallest absolute Gasteiger partial charge is 0.204 e. The molecule has 0 radical (unpaired) electrons. The number of anilines is 1. The largest absolute Gasteiger partial charge is 0.493 e. The van der Waals surface area contributed by atoms with Crippen LogP contribution in [-0.2, 0) is 0 Å². The summed E-state index contributed by atoms with van der Waals surface area (Å²) >= 11 is 0. The van der Waals surface area contributed by atoms with Gasteiger partial charge in [-0.3, -0.25) is 4.79 Å². The average molecular weight is 225 g/mol. The van der Waals surface area contributed by atoms with E-state index in [0.29, 0.717) is 28.5 Å². The first-order valence-corrected chi connectivity index (χ1v) is 4.66. The highest BCUT2D eigenvalue weighted by molar-refractivity contribution is 6.03. The number of hydrogen-bond acceptors (Lipinski definition) is 5. The van der Waals surface area contributed by atoms with Gasteiger partial charge >= 0.3 is 0 Å². The zero-order valence-corrected chi connectivity index (χ0v) is 9.79. The Kier molecular flexibility index (Phi) is 3.60. The van der Waals surface area contributed by atoms with E-state index >= 15 is 0 Å². The number of hydrogen-bond donors (Lipinski definition) is 1. The summed E-state index contributed by atoms with van der Waals surface area (Å²) in [6.07, 6.45) is 0. The Morgan fingerprint density at radius 1 is 1.12 bits per heavy atom. The van der Waals surface area contributed by atoms with Gasteiger partial charge < -0.3 is 19.9 Å². The van der Waals surface area contributed by atoms with E-state index in [0.717, 1.165) is 0 Å². The molecule has 1 aromatic carbocycles. The first kappa shape index (κ1) is 12.2. The van der Waals surface area contributed by atoms with Gasteiger partial charge in [0.25, 0.3) is 0 Å². The summed E-state index contributed by atoms with van der Waals surface area (Å²) in [7, 11) is 4.41. The molecule has 0 amide bonds. The monoisotopic (exact) mass is 225 g/mol. The van der Waals surface area contributed by atoms with Crippen LogP contribution in [-0.4, -0.2) is 27.1 Å². The summed E-state index contributed by atoms with van der Waals surface area (Å²) in [5.74, 6) is 0.911. The van der Waals surface area contributed by atoms with Crippen LogP contribution in [0.2, 0.25) is 0 Å². The molecule has 0 unspecified atom stereocenters. The summed E-state index contributed by atoms with van der Waals surface area (Å²) in [4.78, 5) is 11.5. The van der Waals surface area contributed by atoms with Gasteiger partial charge in [0.2, 0.25) is 5.75 Å². The van der Waals surface area contributed by atoms with Crippen molar-refractivity contribution in [2.24, 2.45) is 0 Å². The maximum Gasteiger partial charge on any atom is 0.204 e. The molecular formula is C11H15NO4. The molecule has 5 heteroatoms. The van der Waals surface area contributed by atoms with Crippen molar-refractivity contribution in [2.45, 2.75) is 6.92 Å². The second kappa shape index (κ2) is 4.74. The van der Waals surface area contributed by atoms with Gasteiger partial charge in [-0.15, -0.1) is 0 Å². The third-order valence-electron chi connectivity index (χ3n) is 2.21. The maximum atomic E-state index is 11.5. The number of benzene rings is 1. The summed E-state index contributed by atoms with van der Waals surface area (Å²) in [5, 5.41) is 0. The normalized spacial score (nSPS) is 9.75. The van der Waals surface area contributed by atoms with Crippen molar-refractivity contribution in [1.82, 2.24) is 0 Å². The summed E-state index contributed by atoms with van der Waals surface area (Å²) < 4.78 is 15.4. The molecule has 0 spiro atoms. The molecule has 88 valence electrons. The van der Waals surface area contributed by atoms with Crippen LogP contribution in [0.15, 0.2) is 6.07 Å². The third-order valence-corrected chi connectivity index (χ3v) is 2.21. The Labute approximate surface area is 94.1 Å². The Hall–Kier alpha value is -1.91. The van der Waals surface area contributed by atoms with Crippen LogP contribution < -0.4 is 19.9 Å². The predicted octanol–water partition coefficient (Wildman–Crippen LogP) is 1.50. The molecule has 0 saturated heterocycles. The number of Topliss-reactive ketones (excluding diaryl/α,β-unsaturated/α-hetero) is 1. The van der Waals surface area contributed by atoms with Gasteiger partial charge in [0.15, 0.2) is 17.3 Å². The second-order valence-corrected chi connectivity index (χ2v) is 3.17. The molecule has 0 heterocycles. The molecule has 0 atom stereocenters. The van der Waals surface area contributed by atoms with Crippen LogP contribution >= 0.6 is 0 Å². The number of nitrogens with two attached hydrogens (primary N) is 1. The quantitative estimate of drug-likeness (QED) is 0.621. The Morgan fingerprint density at radius 3 is 2.06 bits per heavy atom. The van der Waals surface area contributed by atoms with E-state index in [1.165, 1.54) is 34.3 Å². The van der Waals surface area contributed by atoms with Crippen LogP contribution in [0, 0.1) is 0 Å². The first-order valence-electron chi connectivity index (χ1n) is 4.66. The number of rotatable bonds is 4. The van der Waals surface area contributed by atoms with Crippen molar-refractivity contribution in [3.8, 4) is 17.2 Å². The van der Waals surface area contributed by atoms with Gasteiger partial charge in [-0.25, -0.2) is 0 Å². The molecule has 5 nitrogen and oxygen atoms in total. The van der Waals surface area contributed by atoms with E-state index in [-0.39, 0.29) is 5.78 Å². The van der Waals surface area contributed by atoms with Gasteiger partial charge in [-0.1, -0.05) is 0 Å². The lowest BCUT2D eigenvalue weighted by Gasteiger charge is -2.16. The predicted molar refractivity (Wildman–Crippen MR) is 60.5 cm³/mol. The van der Waals surface area contributed by atoms with E-state index < -0.39 is 0 Å². The van der Waals surface area contributed by atoms with E-state index in [2.05, 4.69) is 0 Å². The lowest BCUT2D eigenvalue weighted by molar-refractivity contribution is 0.101. The van der Waals surface area contributed by atoms with Crippen LogP contribution in [0.1, 0.15) is 17.3 Å². The van der Waals surface area contributed by atoms with Crippen LogP contribution in [0.3, 0.4) is 0 Å². The Balaban J connectivity index is 3.57. The topological polar surface area (TPSA) is 70.8 Å². The van der Waals surface area contributed by atoms with Gasteiger partial charge in [0.1, 0.15) is 0 Å². The van der Waals surface area contributed by atoms with Crippen molar-refractivity contribution < 1.29 is 19.0 Å². The molecule has 0 bridgehead atoms. The lowest BCUT2D eigenvalue weighted by Crippen LogP contribution is -2.06. The van der Waals surface area contributed by atoms with Crippen molar-refractivity contribution >= 4 is 11.5 Å². The van der Waals surface area contributed by atoms with Crippen molar-refractivity contribution in [2.75, 3.05) is 27.1 Å². The molecule has 16 heavy (non-hydrogen) atoms. The van der Waals surface area contributed by atoms with Crippen molar-refractivity contribution in [1.29, 1.82) is 0 Å². The Morgan fingerprint density at radius 2 is 1.69 bits per heavy atom. The van der Waals surface area contributed by atoms with Crippen molar-refractivity contribution in [3.05, 3.63) is 11.6 Å². The molecule has 0 aliphatic rings. The number of ketones is 1. The minimum absolute atomic E-state index is 0.185. The molecule has 1 aromatic rings. The minimum Gasteiger partial charge on any atom is -0.493 e. The highest BCUT2D eigenvalue weighted by Gasteiger charge is 2.21. The van der Waals surface area contributed by atoms with Crippen LogP contribution in [0.25, 0.3) is 0 Å². The molecule has 0 aliphatic carbocycles. The second-order valence-electron chi connectivity index (χ2n) is 3.17. The lowest BCUT2D eigenvalue weighted by atomic mass is 10.1. The summed E-state index contributed by atoms with van der Waals surface area (Å²) in [6.45, 7) is 1.42. The number of carbonyl (C=O) groups is 1. The molecule has 0 aromatic heterocycles. The fourth-order valence-electron chi connectivity index (χ4n) is 1.54. The number of carbonyl (C=O) groups excluding carboxylic acids is 1. The van der Waals surface area contributed by atoms with Crippen molar-refractivity contribution in [3.63, 3.8) is 0 Å². The van der Waals surface area contributed by atoms with E-state index in [1.807, 2.05) is 0 Å². The maximum absolute atomic E-state index is 11.5. The number of nitrogen functional groups attached to an aromatic ring is 1. The summed E-state index contributed by atoms with van der Waals surface area (Å²) in [5.41, 5.74) is 6.37.